The number of nitrogens with zero attached hydrogens (tertiary/aromatic N) is 4. The van der Waals surface area contributed by atoms with Crippen LogP contribution in [0.4, 0.5) is 0 Å². The standard InChI is InChI=1S/C72H48N4OSi.Pt/c1-6-25-52(26-7-1)60-39-23-40-61(53-27-8-2-9-28-53)71(60)75-51-74(67-43-19-20-44-68(67)75)54-29-22-30-55(49-54)77-56-46-47-63-62-37-16-18-42-66(62)76(69(63)50-56)72-65(41-24-48-73-72)64-38-17-21-45-70(64)78(57-31-10-3-11-32-57,58-33-12-4-13-34-58)59-35-14-5-15-36-59;/h1-48H;/q-2;/i1D,2D,6D,7D,8D,9D,25D,26D,27D,28D;. The molecule has 0 bridgehead atoms. The van der Waals surface area contributed by atoms with Gasteiger partial charge < -0.3 is 13.9 Å². The van der Waals surface area contributed by atoms with Crippen molar-refractivity contribution in [3.05, 3.63) is 310 Å². The first-order chi connectivity index (χ1) is 42.9. The van der Waals surface area contributed by atoms with Crippen LogP contribution >= 0.6 is 0 Å². The van der Waals surface area contributed by atoms with Gasteiger partial charge in [0, 0.05) is 49.8 Å². The Morgan fingerprint density at radius 3 is 1.67 bits per heavy atom. The topological polar surface area (TPSA) is 35.9 Å². The SMILES string of the molecule is [2H]c1c([2H])c([2H])c(-c2cccc(-c3c([2H])c([2H])c([2H])c([2H])c3[2H])c2-[n+]2[c-]n(-c3[c-]c(Oc4[c-]c5c(cc4)c4ccccc4n5-c4ncccc4-c4ccccc4[Si](c4ccccc4)(c4ccccc4)c4ccccc4)ccc3)c3ccccc32)c([2H])c1[2H].[Pt]. The van der Waals surface area contributed by atoms with Gasteiger partial charge >= 0.3 is 0 Å². The van der Waals surface area contributed by atoms with Crippen LogP contribution in [0.1, 0.15) is 13.7 Å². The summed E-state index contributed by atoms with van der Waals surface area (Å²) in [6, 6.07) is 77.0. The van der Waals surface area contributed by atoms with E-state index in [1.165, 1.54) is 20.7 Å². The fourth-order valence-corrected chi connectivity index (χ4v) is 16.1. The normalized spacial score (nSPS) is 13.2. The molecule has 0 spiro atoms. The molecule has 0 fully saturated rings. The van der Waals surface area contributed by atoms with Crippen LogP contribution in [0, 0.1) is 18.5 Å². The molecule has 11 aromatic carbocycles. The molecule has 0 aliphatic rings. The minimum Gasteiger partial charge on any atom is -0.510 e. The molecule has 0 aliphatic carbocycles. The molecule has 7 heteroatoms. The molecule has 0 N–H and O–H groups in total. The van der Waals surface area contributed by atoms with E-state index in [1.54, 1.807) is 33.4 Å². The van der Waals surface area contributed by atoms with Crippen LogP contribution in [0.3, 0.4) is 0 Å². The number of imidazole rings is 1. The monoisotopic (exact) mass is 1220 g/mol. The van der Waals surface area contributed by atoms with Crippen LogP contribution in [0.15, 0.2) is 291 Å². The van der Waals surface area contributed by atoms with Gasteiger partial charge in [-0.25, -0.2) is 4.98 Å². The third-order valence-corrected chi connectivity index (χ3v) is 19.2. The Kier molecular flexibility index (Phi) is 10.4. The maximum absolute atomic E-state index is 9.11. The van der Waals surface area contributed by atoms with Crippen molar-refractivity contribution < 1.29 is 44.1 Å². The summed E-state index contributed by atoms with van der Waals surface area (Å²) in [4.78, 5) is 5.25. The van der Waals surface area contributed by atoms with E-state index in [1.807, 2.05) is 72.9 Å². The number of para-hydroxylation sites is 4. The second-order valence-electron chi connectivity index (χ2n) is 18.7. The molecule has 5 nitrogen and oxygen atoms in total. The molecule has 0 saturated heterocycles. The second-order valence-corrected chi connectivity index (χ2v) is 22.4. The summed E-state index contributed by atoms with van der Waals surface area (Å²) < 4.78 is 100. The molecule has 0 atom stereocenters. The summed E-state index contributed by atoms with van der Waals surface area (Å²) >= 11 is 0. The molecule has 0 saturated carbocycles. The fourth-order valence-electron chi connectivity index (χ4n) is 11.1. The Bertz CT molecular complexity index is 4860. The van der Waals surface area contributed by atoms with Gasteiger partial charge in [-0.2, -0.15) is 18.2 Å². The molecule has 14 rings (SSSR count). The quantitative estimate of drug-likeness (QED) is 0.0529. The van der Waals surface area contributed by atoms with E-state index in [-0.39, 0.29) is 49.0 Å². The summed E-state index contributed by atoms with van der Waals surface area (Å²) in [5, 5.41) is 6.91. The van der Waals surface area contributed by atoms with E-state index >= 15 is 0 Å². The molecule has 3 aromatic heterocycles. The van der Waals surface area contributed by atoms with E-state index in [0.717, 1.165) is 32.9 Å². The van der Waals surface area contributed by atoms with Gasteiger partial charge in [0.1, 0.15) is 5.82 Å². The first kappa shape index (κ1) is 39.0. The predicted octanol–water partition coefficient (Wildman–Crippen LogP) is 14.0. The van der Waals surface area contributed by atoms with Crippen molar-refractivity contribution in [1.29, 1.82) is 0 Å². The van der Waals surface area contributed by atoms with Crippen LogP contribution in [0.2, 0.25) is 0 Å². The average molecular weight is 1220 g/mol. The maximum atomic E-state index is 9.11. The van der Waals surface area contributed by atoms with E-state index < -0.39 is 68.5 Å². The molecule has 14 aromatic rings. The van der Waals surface area contributed by atoms with Gasteiger partial charge in [0.15, 0.2) is 8.07 Å². The van der Waals surface area contributed by atoms with Gasteiger partial charge in [0.25, 0.3) is 6.33 Å². The number of ether oxygens (including phenoxy) is 1. The van der Waals surface area contributed by atoms with Crippen LogP contribution in [-0.2, 0) is 21.1 Å². The third-order valence-electron chi connectivity index (χ3n) is 14.4. The van der Waals surface area contributed by atoms with E-state index in [2.05, 4.69) is 156 Å². The van der Waals surface area contributed by atoms with Crippen molar-refractivity contribution >= 4 is 61.7 Å². The predicted molar refractivity (Wildman–Crippen MR) is 320 cm³/mol. The number of hydrogen-bond acceptors (Lipinski definition) is 2. The van der Waals surface area contributed by atoms with Crippen LogP contribution in [-0.4, -0.2) is 22.2 Å². The second kappa shape index (κ2) is 21.2. The van der Waals surface area contributed by atoms with E-state index in [0.29, 0.717) is 34.0 Å². The molecule has 0 unspecified atom stereocenters. The number of rotatable bonds is 12. The summed E-state index contributed by atoms with van der Waals surface area (Å²) in [6.07, 6.45) is 5.27. The van der Waals surface area contributed by atoms with Gasteiger partial charge in [-0.3, -0.25) is 4.57 Å². The Labute approximate surface area is 488 Å². The summed E-state index contributed by atoms with van der Waals surface area (Å²) in [6.45, 7) is 0. The maximum Gasteiger partial charge on any atom is 0.268 e. The van der Waals surface area contributed by atoms with E-state index in [9.17, 15) is 0 Å². The van der Waals surface area contributed by atoms with Gasteiger partial charge in [0.05, 0.1) is 30.4 Å². The van der Waals surface area contributed by atoms with Crippen molar-refractivity contribution in [1.82, 2.24) is 14.1 Å². The summed E-state index contributed by atoms with van der Waals surface area (Å²) in [5.41, 5.74) is 5.39. The first-order valence-electron chi connectivity index (χ1n) is 30.5. The Balaban J connectivity index is 0.00000729. The van der Waals surface area contributed by atoms with Crippen molar-refractivity contribution in [2.24, 2.45) is 0 Å². The zero-order chi connectivity index (χ0) is 60.5. The molecule has 0 aliphatic heterocycles. The Morgan fingerprint density at radius 2 is 1.00 bits per heavy atom. The minimum absolute atomic E-state index is 0. The van der Waals surface area contributed by atoms with Gasteiger partial charge in [-0.15, -0.1) is 29.7 Å². The van der Waals surface area contributed by atoms with E-state index in [4.69, 9.17) is 23.4 Å². The number of pyridine rings is 1. The third kappa shape index (κ3) is 8.63. The minimum atomic E-state index is -3.05. The average Bonchev–Trinajstić information content (AvgIpc) is 1.37. The van der Waals surface area contributed by atoms with Gasteiger partial charge in [0.2, 0.25) is 0 Å². The number of fused-ring (bicyclic) bond motifs is 4. The molecular weight excluding hydrogens is 1160 g/mol. The van der Waals surface area contributed by atoms with Crippen molar-refractivity contribution in [3.63, 3.8) is 0 Å². The van der Waals surface area contributed by atoms with Crippen molar-refractivity contribution in [3.8, 4) is 62.1 Å². The zero-order valence-corrected chi connectivity index (χ0v) is 45.2. The number of hydrogen-bond donors (Lipinski definition) is 0. The molecule has 0 amide bonds. The summed E-state index contributed by atoms with van der Waals surface area (Å²) in [5.74, 6) is 1.45. The number of benzene rings is 11. The van der Waals surface area contributed by atoms with Crippen molar-refractivity contribution in [2.45, 2.75) is 0 Å². The largest absolute Gasteiger partial charge is 0.510 e. The number of aromatic nitrogens is 4. The van der Waals surface area contributed by atoms with Crippen LogP contribution in [0.25, 0.3) is 83.4 Å². The van der Waals surface area contributed by atoms with Crippen molar-refractivity contribution in [2.75, 3.05) is 0 Å². The zero-order valence-electron chi connectivity index (χ0n) is 52.0. The molecule has 378 valence electrons. The molecule has 79 heavy (non-hydrogen) atoms. The molecule has 0 radical (unpaired) electrons. The van der Waals surface area contributed by atoms with Gasteiger partial charge in [-0.1, -0.05) is 242 Å². The summed E-state index contributed by atoms with van der Waals surface area (Å²) in [7, 11) is -3.05. The van der Waals surface area contributed by atoms with Crippen LogP contribution < -0.4 is 30.1 Å². The molecular formula is C72H48N4OPtSi-2. The molecule has 3 heterocycles. The fraction of sp³-hybridized carbons (Fsp3) is 0. The van der Waals surface area contributed by atoms with Gasteiger partial charge in [-0.05, 0) is 77.8 Å². The Hall–Kier alpha value is -9.45. The van der Waals surface area contributed by atoms with Crippen LogP contribution in [0.5, 0.6) is 11.5 Å². The smallest absolute Gasteiger partial charge is 0.268 e. The Morgan fingerprint density at radius 1 is 0.456 bits per heavy atom. The first-order valence-corrected chi connectivity index (χ1v) is 27.5.